The van der Waals surface area contributed by atoms with Gasteiger partial charge in [-0.2, -0.15) is 0 Å². The zero-order valence-corrected chi connectivity index (χ0v) is 19.0. The molecule has 1 atom stereocenters. The van der Waals surface area contributed by atoms with E-state index in [1.54, 1.807) is 6.92 Å². The van der Waals surface area contributed by atoms with Crippen LogP contribution in [0.1, 0.15) is 36.2 Å². The van der Waals surface area contributed by atoms with Gasteiger partial charge in [0.15, 0.2) is 6.61 Å². The molecule has 0 radical (unpaired) electrons. The average Bonchev–Trinajstić information content (AvgIpc) is 2.74. The van der Waals surface area contributed by atoms with Gasteiger partial charge in [-0.15, -0.1) is 0 Å². The number of halogens is 2. The van der Waals surface area contributed by atoms with Crippen molar-refractivity contribution < 1.29 is 27.1 Å². The number of carbonyl (C=O) groups excluding carboxylic acids is 2. The van der Waals surface area contributed by atoms with Crippen LogP contribution in [-0.4, -0.2) is 44.9 Å². The first-order chi connectivity index (χ1) is 14.5. The summed E-state index contributed by atoms with van der Waals surface area (Å²) in [6.07, 6.45) is 0.634. The van der Waals surface area contributed by atoms with Crippen molar-refractivity contribution in [3.63, 3.8) is 0 Å². The number of carbonyl (C=O) groups is 2. The molecule has 0 saturated carbocycles. The van der Waals surface area contributed by atoms with E-state index in [9.17, 15) is 22.4 Å². The van der Waals surface area contributed by atoms with Crippen molar-refractivity contribution in [3.8, 4) is 0 Å². The molecule has 7 nitrogen and oxygen atoms in total. The first-order valence-electron chi connectivity index (χ1n) is 9.51. The summed E-state index contributed by atoms with van der Waals surface area (Å²) in [4.78, 5) is 25.6. The van der Waals surface area contributed by atoms with Gasteiger partial charge in [-0.05, 0) is 49.7 Å². The van der Waals surface area contributed by atoms with E-state index in [1.165, 1.54) is 54.4 Å². The third kappa shape index (κ3) is 6.75. The second kappa shape index (κ2) is 10.7. The Kier molecular flexibility index (Phi) is 8.55. The molecule has 0 aromatic heterocycles. The molecule has 0 fully saturated rings. The minimum atomic E-state index is -3.69. The Balaban J connectivity index is 1.95. The Hall–Kier alpha value is -2.49. The average molecular weight is 471 g/mol. The molecule has 0 aliphatic heterocycles. The summed E-state index contributed by atoms with van der Waals surface area (Å²) in [6, 6.07) is 9.17. The minimum absolute atomic E-state index is 0.0157. The van der Waals surface area contributed by atoms with Crippen LogP contribution in [-0.2, 0) is 26.1 Å². The molecule has 0 spiro atoms. The molecule has 2 aromatic rings. The van der Waals surface area contributed by atoms with E-state index in [0.717, 1.165) is 0 Å². The van der Waals surface area contributed by atoms with Gasteiger partial charge in [0.25, 0.3) is 5.91 Å². The van der Waals surface area contributed by atoms with Crippen molar-refractivity contribution >= 4 is 33.5 Å². The number of esters is 1. The van der Waals surface area contributed by atoms with Crippen molar-refractivity contribution in [2.75, 3.05) is 13.7 Å². The maximum absolute atomic E-state index is 13.9. The summed E-state index contributed by atoms with van der Waals surface area (Å²) in [5.74, 6) is -1.88. The number of benzene rings is 2. The van der Waals surface area contributed by atoms with Gasteiger partial charge in [0, 0.05) is 30.2 Å². The first-order valence-corrected chi connectivity index (χ1v) is 11.4. The lowest BCUT2D eigenvalue weighted by atomic mass is 10.2. The maximum atomic E-state index is 13.9. The first kappa shape index (κ1) is 24.8. The monoisotopic (exact) mass is 470 g/mol. The molecule has 2 aromatic carbocycles. The fraction of sp³-hybridized carbons (Fsp3) is 0.333. The molecular weight excluding hydrogens is 447 g/mol. The summed E-state index contributed by atoms with van der Waals surface area (Å²) in [5, 5.41) is 0.189. The SMILES string of the molecule is CCC(C)NS(=O)(=O)c1ccc(C(=O)OCC(=O)N(C)Cc2c(F)cccc2Cl)cc1. The third-order valence-electron chi connectivity index (χ3n) is 4.58. The van der Waals surface area contributed by atoms with Gasteiger partial charge in [-0.3, -0.25) is 4.79 Å². The molecular formula is C21H24ClFN2O5S. The summed E-state index contributed by atoms with van der Waals surface area (Å²) in [6.45, 7) is 2.96. The van der Waals surface area contributed by atoms with E-state index in [1.807, 2.05) is 6.92 Å². The standard InChI is InChI=1S/C21H24ClFN2O5S/c1-4-14(2)24-31(28,29)16-10-8-15(9-11-16)21(27)30-13-20(26)25(3)12-17-18(22)6-5-7-19(17)23/h5-11,14,24H,4,12-13H2,1-3H3. The Morgan fingerprint density at radius 3 is 2.42 bits per heavy atom. The van der Waals surface area contributed by atoms with E-state index in [4.69, 9.17) is 16.3 Å². The number of ether oxygens (including phenoxy) is 1. The van der Waals surface area contributed by atoms with Gasteiger partial charge < -0.3 is 9.64 Å². The van der Waals surface area contributed by atoms with E-state index in [2.05, 4.69) is 4.72 Å². The van der Waals surface area contributed by atoms with Crippen LogP contribution in [0.15, 0.2) is 47.4 Å². The highest BCUT2D eigenvalue weighted by Gasteiger charge is 2.19. The molecule has 0 aliphatic rings. The van der Waals surface area contributed by atoms with E-state index in [0.29, 0.717) is 6.42 Å². The van der Waals surface area contributed by atoms with Crippen molar-refractivity contribution in [2.24, 2.45) is 0 Å². The number of likely N-dealkylation sites (N-methyl/N-ethyl adjacent to an activating group) is 1. The number of hydrogen-bond acceptors (Lipinski definition) is 5. The number of nitrogens with zero attached hydrogens (tertiary/aromatic N) is 1. The Labute approximate surface area is 186 Å². The zero-order chi connectivity index (χ0) is 23.2. The van der Waals surface area contributed by atoms with Gasteiger partial charge in [0.2, 0.25) is 10.0 Å². The number of sulfonamides is 1. The molecule has 2 rings (SSSR count). The molecule has 0 bridgehead atoms. The lowest BCUT2D eigenvalue weighted by Crippen LogP contribution is -2.32. The Morgan fingerprint density at radius 1 is 1.19 bits per heavy atom. The van der Waals surface area contributed by atoms with Crippen LogP contribution in [0, 0.1) is 5.82 Å². The second-order valence-electron chi connectivity index (χ2n) is 6.98. The van der Waals surface area contributed by atoms with Gasteiger partial charge >= 0.3 is 5.97 Å². The quantitative estimate of drug-likeness (QED) is 0.567. The zero-order valence-electron chi connectivity index (χ0n) is 17.4. The highest BCUT2D eigenvalue weighted by atomic mass is 35.5. The van der Waals surface area contributed by atoms with E-state index in [-0.39, 0.29) is 33.6 Å². The molecule has 1 amide bonds. The van der Waals surface area contributed by atoms with E-state index < -0.39 is 34.3 Å². The molecule has 168 valence electrons. The van der Waals surface area contributed by atoms with Gasteiger partial charge in [0.05, 0.1) is 10.5 Å². The molecule has 31 heavy (non-hydrogen) atoms. The van der Waals surface area contributed by atoms with Crippen LogP contribution in [0.4, 0.5) is 4.39 Å². The summed E-state index contributed by atoms with van der Waals surface area (Å²) in [7, 11) is -2.26. The number of nitrogens with one attached hydrogen (secondary N) is 1. The van der Waals surface area contributed by atoms with Crippen LogP contribution < -0.4 is 4.72 Å². The molecule has 1 N–H and O–H groups in total. The lowest BCUT2D eigenvalue weighted by molar-refractivity contribution is -0.133. The Bertz CT molecular complexity index is 1020. The molecule has 1 unspecified atom stereocenters. The normalized spacial score (nSPS) is 12.3. The predicted molar refractivity (Wildman–Crippen MR) is 115 cm³/mol. The van der Waals surface area contributed by atoms with Crippen molar-refractivity contribution in [2.45, 2.75) is 37.8 Å². The third-order valence-corrected chi connectivity index (χ3v) is 6.54. The molecule has 0 saturated heterocycles. The highest BCUT2D eigenvalue weighted by Crippen LogP contribution is 2.20. The van der Waals surface area contributed by atoms with Crippen LogP contribution in [0.25, 0.3) is 0 Å². The molecule has 10 heteroatoms. The number of rotatable bonds is 9. The lowest BCUT2D eigenvalue weighted by Gasteiger charge is -2.18. The summed E-state index contributed by atoms with van der Waals surface area (Å²) >= 11 is 5.96. The minimum Gasteiger partial charge on any atom is -0.452 e. The van der Waals surface area contributed by atoms with Crippen molar-refractivity contribution in [1.29, 1.82) is 0 Å². The largest absolute Gasteiger partial charge is 0.452 e. The summed E-state index contributed by atoms with van der Waals surface area (Å²) in [5.41, 5.74) is 0.254. The maximum Gasteiger partial charge on any atom is 0.338 e. The topological polar surface area (TPSA) is 92.8 Å². The van der Waals surface area contributed by atoms with Crippen LogP contribution in [0.5, 0.6) is 0 Å². The number of hydrogen-bond donors (Lipinski definition) is 1. The highest BCUT2D eigenvalue weighted by molar-refractivity contribution is 7.89. The fourth-order valence-electron chi connectivity index (χ4n) is 2.52. The van der Waals surface area contributed by atoms with Crippen LogP contribution in [0.2, 0.25) is 5.02 Å². The second-order valence-corrected chi connectivity index (χ2v) is 9.10. The molecule has 0 heterocycles. The van der Waals surface area contributed by atoms with Gasteiger partial charge in [0.1, 0.15) is 5.82 Å². The predicted octanol–water partition coefficient (Wildman–Crippen LogP) is 3.37. The van der Waals surface area contributed by atoms with Crippen LogP contribution in [0.3, 0.4) is 0 Å². The van der Waals surface area contributed by atoms with E-state index >= 15 is 0 Å². The summed E-state index contributed by atoms with van der Waals surface area (Å²) < 4.78 is 45.9. The van der Waals surface area contributed by atoms with Gasteiger partial charge in [-0.25, -0.2) is 22.3 Å². The van der Waals surface area contributed by atoms with Crippen molar-refractivity contribution in [3.05, 3.63) is 64.4 Å². The Morgan fingerprint density at radius 2 is 1.84 bits per heavy atom. The van der Waals surface area contributed by atoms with Crippen molar-refractivity contribution in [1.82, 2.24) is 9.62 Å². The fourth-order valence-corrected chi connectivity index (χ4v) is 4.07. The van der Waals surface area contributed by atoms with Gasteiger partial charge in [-0.1, -0.05) is 24.6 Å². The smallest absolute Gasteiger partial charge is 0.338 e. The van der Waals surface area contributed by atoms with Crippen LogP contribution >= 0.6 is 11.6 Å². The number of amides is 1. The molecule has 0 aliphatic carbocycles.